The zero-order valence-corrected chi connectivity index (χ0v) is 9.88. The van der Waals surface area contributed by atoms with Gasteiger partial charge in [-0.15, -0.1) is 5.10 Å². The van der Waals surface area contributed by atoms with Crippen molar-refractivity contribution >= 4 is 5.65 Å². The molecule has 0 radical (unpaired) electrons. The molecule has 0 aliphatic rings. The first-order chi connectivity index (χ1) is 8.09. The molecule has 0 amide bonds. The summed E-state index contributed by atoms with van der Waals surface area (Å²) in [5, 5.41) is 3.81. The van der Waals surface area contributed by atoms with Crippen molar-refractivity contribution in [1.82, 2.24) is 19.6 Å². The van der Waals surface area contributed by atoms with Gasteiger partial charge in [0.1, 0.15) is 0 Å². The third kappa shape index (κ3) is 2.14. The molecule has 98 valence electrons. The highest BCUT2D eigenvalue weighted by Crippen LogP contribution is 2.28. The van der Waals surface area contributed by atoms with Crippen LogP contribution in [0, 0.1) is 6.08 Å². The fourth-order valence-corrected chi connectivity index (χ4v) is 1.32. The molecule has 8 heteroatoms. The van der Waals surface area contributed by atoms with Gasteiger partial charge in [0.15, 0.2) is 17.2 Å². The Bertz CT molecular complexity index is 594. The first kappa shape index (κ1) is 12.7. The normalized spacial score (nSPS) is 13.3. The van der Waals surface area contributed by atoms with Crippen LogP contribution in [0.5, 0.6) is 0 Å². The summed E-state index contributed by atoms with van der Waals surface area (Å²) in [4.78, 5) is 6.73. The monoisotopic (exact) mass is 262 g/mol. The second kappa shape index (κ2) is 3.63. The zero-order valence-electron chi connectivity index (χ0n) is 9.88. The molecule has 4 nitrogen and oxygen atoms in total. The summed E-state index contributed by atoms with van der Waals surface area (Å²) in [7, 11) is 0. The van der Waals surface area contributed by atoms with Crippen LogP contribution in [0.3, 0.4) is 0 Å². The number of aromatic nitrogens is 4. The van der Waals surface area contributed by atoms with Crippen LogP contribution in [0.1, 0.15) is 32.3 Å². The molecule has 2 rings (SSSR count). The summed E-state index contributed by atoms with van der Waals surface area (Å²) in [5.41, 5.74) is -2.02. The molecule has 0 aliphatic heterocycles. The number of alkyl halides is 3. The van der Waals surface area contributed by atoms with Crippen LogP contribution >= 0.6 is 0 Å². The van der Waals surface area contributed by atoms with Crippen molar-refractivity contribution in [3.63, 3.8) is 0 Å². The first-order valence-electron chi connectivity index (χ1n) is 5.10. The van der Waals surface area contributed by atoms with E-state index in [0.717, 1.165) is 0 Å². The lowest BCUT2D eigenvalue weighted by Crippen LogP contribution is -2.14. The third-order valence-electron chi connectivity index (χ3n) is 2.25. The van der Waals surface area contributed by atoms with Gasteiger partial charge in [-0.25, -0.2) is 4.98 Å². The Morgan fingerprint density at radius 2 is 1.72 bits per heavy atom. The molecular formula is C10H10F4N4. The van der Waals surface area contributed by atoms with Gasteiger partial charge in [0, 0.05) is 11.5 Å². The largest absolute Gasteiger partial charge is 0.433 e. The van der Waals surface area contributed by atoms with Crippen LogP contribution in [0.25, 0.3) is 5.65 Å². The van der Waals surface area contributed by atoms with E-state index in [4.69, 9.17) is 0 Å². The second-order valence-electron chi connectivity index (χ2n) is 4.86. The van der Waals surface area contributed by atoms with E-state index in [-0.39, 0.29) is 11.5 Å². The molecule has 2 aromatic heterocycles. The predicted octanol–water partition coefficient (Wildman–Crippen LogP) is 2.58. The number of fused-ring (bicyclic) bond motifs is 1. The van der Waals surface area contributed by atoms with E-state index in [1.165, 1.54) is 0 Å². The smallest absolute Gasteiger partial charge is 0.211 e. The Labute approximate surface area is 99.7 Å². The van der Waals surface area contributed by atoms with Gasteiger partial charge in [0.05, 0.1) is 0 Å². The molecule has 0 atom stereocenters. The molecule has 0 aromatic carbocycles. The molecule has 2 aromatic rings. The molecule has 0 fully saturated rings. The average molecular weight is 262 g/mol. The quantitative estimate of drug-likeness (QED) is 0.541. The Balaban J connectivity index is 2.67. The average Bonchev–Trinajstić information content (AvgIpc) is 2.59. The third-order valence-corrected chi connectivity index (χ3v) is 2.25. The SMILES string of the molecule is CC(C)(C)c1nc2cc(C(F)(F)F)nc(F)n2n1. The topological polar surface area (TPSA) is 43.1 Å². The van der Waals surface area contributed by atoms with Gasteiger partial charge < -0.3 is 0 Å². The van der Waals surface area contributed by atoms with Gasteiger partial charge >= 0.3 is 12.3 Å². The molecule has 0 saturated carbocycles. The summed E-state index contributed by atoms with van der Waals surface area (Å²) in [6.45, 7) is 5.33. The van der Waals surface area contributed by atoms with Crippen LogP contribution in [-0.2, 0) is 11.6 Å². The molecule has 0 aliphatic carbocycles. The number of nitrogens with zero attached hydrogens (tertiary/aromatic N) is 4. The van der Waals surface area contributed by atoms with Crippen molar-refractivity contribution < 1.29 is 17.6 Å². The van der Waals surface area contributed by atoms with Gasteiger partial charge in [-0.2, -0.15) is 27.1 Å². The Morgan fingerprint density at radius 1 is 1.11 bits per heavy atom. The van der Waals surface area contributed by atoms with Crippen molar-refractivity contribution in [2.75, 3.05) is 0 Å². The lowest BCUT2D eigenvalue weighted by molar-refractivity contribution is -0.141. The molecule has 0 spiro atoms. The van der Waals surface area contributed by atoms with E-state index in [2.05, 4.69) is 15.1 Å². The maximum atomic E-state index is 13.4. The van der Waals surface area contributed by atoms with Gasteiger partial charge in [-0.05, 0) is 0 Å². The van der Waals surface area contributed by atoms with Gasteiger partial charge in [-0.3, -0.25) is 0 Å². The Kier molecular flexibility index (Phi) is 2.56. The van der Waals surface area contributed by atoms with E-state index in [1.807, 2.05) is 0 Å². The van der Waals surface area contributed by atoms with Crippen molar-refractivity contribution in [3.8, 4) is 0 Å². The van der Waals surface area contributed by atoms with E-state index >= 15 is 0 Å². The van der Waals surface area contributed by atoms with Crippen LogP contribution in [0.4, 0.5) is 17.6 Å². The summed E-state index contributed by atoms with van der Waals surface area (Å²) in [6.07, 6.45) is -6.04. The van der Waals surface area contributed by atoms with Crippen molar-refractivity contribution in [2.45, 2.75) is 32.4 Å². The molecular weight excluding hydrogens is 252 g/mol. The number of hydrogen-bond donors (Lipinski definition) is 0. The van der Waals surface area contributed by atoms with E-state index < -0.39 is 23.4 Å². The summed E-state index contributed by atoms with van der Waals surface area (Å²) in [5.74, 6) is 0.252. The van der Waals surface area contributed by atoms with Gasteiger partial charge in [-0.1, -0.05) is 20.8 Å². The lowest BCUT2D eigenvalue weighted by atomic mass is 9.96. The summed E-state index contributed by atoms with van der Waals surface area (Å²) >= 11 is 0. The van der Waals surface area contributed by atoms with Crippen LogP contribution < -0.4 is 0 Å². The Morgan fingerprint density at radius 3 is 2.22 bits per heavy atom. The number of hydrogen-bond acceptors (Lipinski definition) is 3. The van der Waals surface area contributed by atoms with Crippen molar-refractivity contribution in [2.24, 2.45) is 0 Å². The van der Waals surface area contributed by atoms with Crippen molar-refractivity contribution in [3.05, 3.63) is 23.7 Å². The lowest BCUT2D eigenvalue weighted by Gasteiger charge is -2.11. The maximum Gasteiger partial charge on any atom is 0.433 e. The van der Waals surface area contributed by atoms with E-state index in [9.17, 15) is 17.6 Å². The maximum absolute atomic E-state index is 13.4. The standard InChI is InChI=1S/C10H10F4N4/c1-9(2,3)7-16-6-4-5(10(12,13)14)15-8(11)18(6)17-7/h4H,1-3H3. The van der Waals surface area contributed by atoms with Crippen molar-refractivity contribution in [1.29, 1.82) is 0 Å². The molecule has 0 unspecified atom stereocenters. The fraction of sp³-hybridized carbons (Fsp3) is 0.500. The highest BCUT2D eigenvalue weighted by atomic mass is 19.4. The van der Waals surface area contributed by atoms with Crippen LogP contribution in [0.2, 0.25) is 0 Å². The second-order valence-corrected chi connectivity index (χ2v) is 4.86. The highest BCUT2D eigenvalue weighted by molar-refractivity contribution is 5.39. The molecule has 0 N–H and O–H groups in total. The van der Waals surface area contributed by atoms with E-state index in [0.29, 0.717) is 10.6 Å². The summed E-state index contributed by atoms with van der Waals surface area (Å²) < 4.78 is 51.4. The number of halogens is 4. The minimum atomic E-state index is -4.71. The minimum Gasteiger partial charge on any atom is -0.211 e. The van der Waals surface area contributed by atoms with Crippen LogP contribution in [-0.4, -0.2) is 19.6 Å². The fourth-order valence-electron chi connectivity index (χ4n) is 1.32. The predicted molar refractivity (Wildman–Crippen MR) is 54.4 cm³/mol. The molecule has 18 heavy (non-hydrogen) atoms. The highest BCUT2D eigenvalue weighted by Gasteiger charge is 2.34. The van der Waals surface area contributed by atoms with E-state index in [1.54, 1.807) is 20.8 Å². The zero-order chi connectivity index (χ0) is 13.7. The number of rotatable bonds is 0. The Hall–Kier alpha value is -1.73. The van der Waals surface area contributed by atoms with Gasteiger partial charge in [0.2, 0.25) is 0 Å². The minimum absolute atomic E-state index is 0.209. The van der Waals surface area contributed by atoms with Gasteiger partial charge in [0.25, 0.3) is 0 Å². The summed E-state index contributed by atoms with van der Waals surface area (Å²) in [6, 6.07) is 0.672. The molecule has 0 saturated heterocycles. The molecule has 2 heterocycles. The molecule has 0 bridgehead atoms. The van der Waals surface area contributed by atoms with Crippen LogP contribution in [0.15, 0.2) is 6.07 Å². The first-order valence-corrected chi connectivity index (χ1v) is 5.10.